The van der Waals surface area contributed by atoms with Crippen LogP contribution in [0.2, 0.25) is 0 Å². The van der Waals surface area contributed by atoms with Crippen molar-refractivity contribution in [2.75, 3.05) is 7.05 Å². The summed E-state index contributed by atoms with van der Waals surface area (Å²) in [6.07, 6.45) is 2.86. The van der Waals surface area contributed by atoms with Gasteiger partial charge in [0.25, 0.3) is 0 Å². The van der Waals surface area contributed by atoms with Crippen LogP contribution in [0.15, 0.2) is 11.6 Å². The van der Waals surface area contributed by atoms with Crippen LogP contribution < -0.4 is 5.32 Å². The molecule has 2 heterocycles. The Morgan fingerprint density at radius 3 is 2.94 bits per heavy atom. The van der Waals surface area contributed by atoms with E-state index in [2.05, 4.69) is 32.9 Å². The Hall–Kier alpha value is -1.27. The Kier molecular flexibility index (Phi) is 3.86. The van der Waals surface area contributed by atoms with Gasteiger partial charge in [0.05, 0.1) is 28.6 Å². The summed E-state index contributed by atoms with van der Waals surface area (Å²) in [4.78, 5) is 4.53. The van der Waals surface area contributed by atoms with Gasteiger partial charge in [0, 0.05) is 11.9 Å². The number of hydrogen-bond donors (Lipinski definition) is 1. The number of rotatable bonds is 5. The van der Waals surface area contributed by atoms with E-state index in [0.717, 1.165) is 29.4 Å². The van der Waals surface area contributed by atoms with Crippen LogP contribution in [0.1, 0.15) is 35.8 Å². The van der Waals surface area contributed by atoms with E-state index < -0.39 is 0 Å². The molecule has 0 aliphatic rings. The molecule has 0 fully saturated rings. The molecule has 0 bridgehead atoms. The van der Waals surface area contributed by atoms with E-state index in [0.29, 0.717) is 0 Å². The lowest BCUT2D eigenvalue weighted by Gasteiger charge is -2.14. The third kappa shape index (κ3) is 2.53. The highest BCUT2D eigenvalue weighted by Crippen LogP contribution is 2.22. The minimum absolute atomic E-state index is 0.0708. The van der Waals surface area contributed by atoms with Gasteiger partial charge in [0.1, 0.15) is 0 Å². The lowest BCUT2D eigenvalue weighted by Crippen LogP contribution is -2.22. The maximum atomic E-state index is 4.53. The predicted molar refractivity (Wildman–Crippen MR) is 68.1 cm³/mol. The summed E-state index contributed by atoms with van der Waals surface area (Å²) in [6.45, 7) is 5.03. The molecule has 17 heavy (non-hydrogen) atoms. The molecule has 0 spiro atoms. The zero-order valence-electron chi connectivity index (χ0n) is 10.3. The molecular formula is C11H17N5S. The molecular weight excluding hydrogens is 234 g/mol. The van der Waals surface area contributed by atoms with E-state index in [9.17, 15) is 0 Å². The molecule has 1 N–H and O–H groups in total. The first-order chi connectivity index (χ1) is 8.26. The van der Waals surface area contributed by atoms with Crippen molar-refractivity contribution in [1.82, 2.24) is 25.3 Å². The van der Waals surface area contributed by atoms with Crippen LogP contribution in [-0.2, 0) is 6.54 Å². The van der Waals surface area contributed by atoms with Crippen molar-refractivity contribution in [3.63, 3.8) is 0 Å². The molecule has 5 nitrogen and oxygen atoms in total. The molecule has 0 radical (unpaired) electrons. The van der Waals surface area contributed by atoms with Crippen molar-refractivity contribution in [1.29, 1.82) is 0 Å². The molecule has 0 aliphatic carbocycles. The molecule has 1 unspecified atom stereocenters. The lowest BCUT2D eigenvalue weighted by atomic mass is 10.1. The fourth-order valence-corrected chi connectivity index (χ4v) is 2.47. The minimum Gasteiger partial charge on any atom is -0.307 e. The van der Waals surface area contributed by atoms with Gasteiger partial charge in [-0.2, -0.15) is 0 Å². The molecule has 2 aromatic rings. The van der Waals surface area contributed by atoms with E-state index in [1.807, 2.05) is 24.9 Å². The van der Waals surface area contributed by atoms with Crippen LogP contribution >= 0.6 is 11.3 Å². The van der Waals surface area contributed by atoms with Gasteiger partial charge in [-0.25, -0.2) is 9.67 Å². The second-order valence-corrected chi connectivity index (χ2v) is 4.96. The van der Waals surface area contributed by atoms with Gasteiger partial charge in [0.15, 0.2) is 0 Å². The van der Waals surface area contributed by atoms with E-state index in [-0.39, 0.29) is 6.04 Å². The van der Waals surface area contributed by atoms with Gasteiger partial charge in [-0.15, -0.1) is 16.4 Å². The summed E-state index contributed by atoms with van der Waals surface area (Å²) < 4.78 is 1.94. The number of hydrogen-bond acceptors (Lipinski definition) is 5. The second-order valence-electron chi connectivity index (χ2n) is 3.90. The van der Waals surface area contributed by atoms with Gasteiger partial charge in [-0.1, -0.05) is 12.1 Å². The summed E-state index contributed by atoms with van der Waals surface area (Å²) in [7, 11) is 1.93. The third-order valence-corrected chi connectivity index (χ3v) is 3.39. The van der Waals surface area contributed by atoms with Crippen molar-refractivity contribution in [3.05, 3.63) is 28.0 Å². The maximum Gasteiger partial charge on any atom is 0.0944 e. The average Bonchev–Trinajstić information content (AvgIpc) is 2.91. The van der Waals surface area contributed by atoms with Crippen LogP contribution in [0.4, 0.5) is 0 Å². The first kappa shape index (κ1) is 12.2. The summed E-state index contributed by atoms with van der Waals surface area (Å²) in [5.74, 6) is 0. The number of aryl methyl sites for hydroxylation is 2. The van der Waals surface area contributed by atoms with Gasteiger partial charge < -0.3 is 5.32 Å². The first-order valence-corrected chi connectivity index (χ1v) is 6.62. The second kappa shape index (κ2) is 5.37. The smallest absolute Gasteiger partial charge is 0.0944 e. The van der Waals surface area contributed by atoms with Gasteiger partial charge >= 0.3 is 0 Å². The van der Waals surface area contributed by atoms with Crippen molar-refractivity contribution in [2.24, 2.45) is 0 Å². The fraction of sp³-hybridized carbons (Fsp3) is 0.545. The zero-order chi connectivity index (χ0) is 12.3. The molecule has 0 aliphatic heterocycles. The molecule has 6 heteroatoms. The van der Waals surface area contributed by atoms with Crippen LogP contribution in [0.3, 0.4) is 0 Å². The monoisotopic (exact) mass is 251 g/mol. The van der Waals surface area contributed by atoms with Gasteiger partial charge in [-0.3, -0.25) is 0 Å². The molecule has 0 amide bonds. The Labute approximate surface area is 105 Å². The summed E-state index contributed by atoms with van der Waals surface area (Å²) in [6, 6.07) is 0.0708. The van der Waals surface area contributed by atoms with Crippen LogP contribution in [0.5, 0.6) is 0 Å². The van der Waals surface area contributed by atoms with E-state index in [1.54, 1.807) is 11.3 Å². The molecule has 0 saturated heterocycles. The normalized spacial score (nSPS) is 12.9. The minimum atomic E-state index is 0.0708. The zero-order valence-corrected chi connectivity index (χ0v) is 11.2. The number of aromatic nitrogens is 4. The third-order valence-electron chi connectivity index (χ3n) is 2.60. The summed E-state index contributed by atoms with van der Waals surface area (Å²) in [5, 5.41) is 14.5. The van der Waals surface area contributed by atoms with Crippen LogP contribution in [0.25, 0.3) is 0 Å². The molecule has 1 atom stereocenters. The SMILES string of the molecule is CCCn1nncc1C(NC)c1csc(C)n1. The fourth-order valence-electron chi connectivity index (χ4n) is 1.83. The maximum absolute atomic E-state index is 4.53. The Bertz CT molecular complexity index is 476. The predicted octanol–water partition coefficient (Wildman–Crippen LogP) is 1.76. The first-order valence-electron chi connectivity index (χ1n) is 5.74. The van der Waals surface area contributed by atoms with Gasteiger partial charge in [0.2, 0.25) is 0 Å². The number of nitrogens with zero attached hydrogens (tertiary/aromatic N) is 4. The van der Waals surface area contributed by atoms with E-state index >= 15 is 0 Å². The van der Waals surface area contributed by atoms with Gasteiger partial charge in [-0.05, 0) is 20.4 Å². The average molecular weight is 251 g/mol. The summed E-state index contributed by atoms with van der Waals surface area (Å²) in [5.41, 5.74) is 2.11. The van der Waals surface area contributed by atoms with Crippen molar-refractivity contribution in [3.8, 4) is 0 Å². The largest absolute Gasteiger partial charge is 0.307 e. The molecule has 2 aromatic heterocycles. The van der Waals surface area contributed by atoms with Crippen molar-refractivity contribution in [2.45, 2.75) is 32.9 Å². The quantitative estimate of drug-likeness (QED) is 0.880. The molecule has 2 rings (SSSR count). The molecule has 0 aromatic carbocycles. The van der Waals surface area contributed by atoms with E-state index in [4.69, 9.17) is 0 Å². The number of thiazole rings is 1. The van der Waals surface area contributed by atoms with Crippen molar-refractivity contribution < 1.29 is 0 Å². The molecule has 0 saturated carbocycles. The summed E-state index contributed by atoms with van der Waals surface area (Å²) >= 11 is 1.66. The Morgan fingerprint density at radius 2 is 2.35 bits per heavy atom. The van der Waals surface area contributed by atoms with Crippen LogP contribution in [-0.4, -0.2) is 27.0 Å². The highest BCUT2D eigenvalue weighted by Gasteiger charge is 2.19. The highest BCUT2D eigenvalue weighted by atomic mass is 32.1. The lowest BCUT2D eigenvalue weighted by molar-refractivity contribution is 0.519. The Morgan fingerprint density at radius 1 is 1.53 bits per heavy atom. The highest BCUT2D eigenvalue weighted by molar-refractivity contribution is 7.09. The van der Waals surface area contributed by atoms with Crippen LogP contribution in [0, 0.1) is 6.92 Å². The topological polar surface area (TPSA) is 55.6 Å². The number of nitrogens with one attached hydrogen (secondary N) is 1. The van der Waals surface area contributed by atoms with Crippen molar-refractivity contribution >= 4 is 11.3 Å². The standard InChI is InChI=1S/C11H17N5S/c1-4-5-16-10(6-13-15-16)11(12-3)9-7-17-8(2)14-9/h6-7,11-12H,4-5H2,1-3H3. The molecule has 92 valence electrons. The van der Waals surface area contributed by atoms with E-state index in [1.165, 1.54) is 0 Å². The Balaban J connectivity index is 2.31.